The minimum absolute atomic E-state index is 0.0688. The molecule has 2 aromatic rings. The number of nitrogens with one attached hydrogen (secondary N) is 1. The fourth-order valence-corrected chi connectivity index (χ4v) is 4.29. The lowest BCUT2D eigenvalue weighted by atomic mass is 9.90. The molecular weight excluding hydrogens is 399 g/mol. The van der Waals surface area contributed by atoms with Crippen LogP contribution < -0.4 is 5.32 Å². The summed E-state index contributed by atoms with van der Waals surface area (Å²) in [6.45, 7) is 1.52. The summed E-state index contributed by atoms with van der Waals surface area (Å²) >= 11 is 0. The first kappa shape index (κ1) is 21.5. The molecule has 2 fully saturated rings. The highest BCUT2D eigenvalue weighted by molar-refractivity contribution is 5.88. The molecule has 2 aromatic carbocycles. The fraction of sp³-hybridized carbons (Fsp3) is 0.417. The number of morpholine rings is 1. The number of ether oxygens (including phenoxy) is 2. The van der Waals surface area contributed by atoms with Gasteiger partial charge in [0.05, 0.1) is 13.2 Å². The third kappa shape index (κ3) is 4.62. The van der Waals surface area contributed by atoms with Crippen LogP contribution in [0.25, 0.3) is 11.1 Å². The van der Waals surface area contributed by atoms with Crippen molar-refractivity contribution in [3.05, 3.63) is 59.9 Å². The van der Waals surface area contributed by atoms with Crippen LogP contribution in [-0.2, 0) is 25.5 Å². The van der Waals surface area contributed by atoms with E-state index in [0.29, 0.717) is 32.6 Å². The average molecular weight is 426 g/mol. The van der Waals surface area contributed by atoms with Gasteiger partial charge in [-0.3, -0.25) is 9.59 Å². The number of hydrogen-bond acceptors (Lipinski definition) is 4. The number of carbonyl (C=O) groups is 2. The Morgan fingerprint density at radius 3 is 2.39 bits per heavy atom. The van der Waals surface area contributed by atoms with Crippen molar-refractivity contribution in [3.63, 3.8) is 0 Å². The quantitative estimate of drug-likeness (QED) is 0.798. The normalized spacial score (nSPS) is 23.5. The molecule has 0 saturated carbocycles. The molecular formula is C24H27FN2O4. The van der Waals surface area contributed by atoms with Crippen LogP contribution in [0.4, 0.5) is 4.39 Å². The summed E-state index contributed by atoms with van der Waals surface area (Å²) in [4.78, 5) is 27.4. The molecule has 0 aromatic heterocycles. The van der Waals surface area contributed by atoms with E-state index >= 15 is 0 Å². The molecule has 164 valence electrons. The Bertz CT molecular complexity index is 926. The molecule has 0 aliphatic carbocycles. The Kier molecular flexibility index (Phi) is 6.34. The van der Waals surface area contributed by atoms with Crippen LogP contribution in [0, 0.1) is 5.82 Å². The van der Waals surface area contributed by atoms with Crippen molar-refractivity contribution in [2.45, 2.75) is 31.0 Å². The van der Waals surface area contributed by atoms with Gasteiger partial charge < -0.3 is 19.7 Å². The summed E-state index contributed by atoms with van der Waals surface area (Å²) in [6.07, 6.45) is 1.51. The molecule has 31 heavy (non-hydrogen) atoms. The second-order valence-corrected chi connectivity index (χ2v) is 8.06. The summed E-state index contributed by atoms with van der Waals surface area (Å²) in [5, 5.41) is 2.70. The van der Waals surface area contributed by atoms with Crippen LogP contribution >= 0.6 is 0 Å². The molecule has 2 amide bonds. The van der Waals surface area contributed by atoms with E-state index in [-0.39, 0.29) is 24.2 Å². The fourth-order valence-electron chi connectivity index (χ4n) is 4.29. The largest absolute Gasteiger partial charge is 0.368 e. The van der Waals surface area contributed by atoms with E-state index in [1.807, 2.05) is 24.3 Å². The lowest BCUT2D eigenvalue weighted by Crippen LogP contribution is -2.62. The summed E-state index contributed by atoms with van der Waals surface area (Å²) < 4.78 is 24.7. The van der Waals surface area contributed by atoms with Gasteiger partial charge in [-0.1, -0.05) is 36.4 Å². The number of nitrogens with zero attached hydrogens (tertiary/aromatic N) is 1. The minimum Gasteiger partial charge on any atom is -0.368 e. The molecule has 2 aliphatic rings. The van der Waals surface area contributed by atoms with Crippen LogP contribution in [0.1, 0.15) is 18.4 Å². The van der Waals surface area contributed by atoms with Crippen molar-refractivity contribution in [2.75, 3.05) is 33.4 Å². The lowest BCUT2D eigenvalue weighted by molar-refractivity contribution is -0.169. The van der Waals surface area contributed by atoms with Crippen molar-refractivity contribution in [1.82, 2.24) is 10.2 Å². The standard InChI is InChI=1S/C24H27FN2O4/c1-26-23(29)24(16-27(12-14-31-24)22(28)21-3-2-13-30-21)15-17-4-6-18(7-5-17)19-8-10-20(25)11-9-19/h4-11,21H,2-3,12-16H2,1H3,(H,26,29). The van der Waals surface area contributed by atoms with Gasteiger partial charge in [-0.05, 0) is 41.7 Å². The third-order valence-corrected chi connectivity index (χ3v) is 5.96. The number of amides is 2. The van der Waals surface area contributed by atoms with Gasteiger partial charge in [0.15, 0.2) is 5.60 Å². The monoisotopic (exact) mass is 426 g/mol. The number of likely N-dealkylation sites (N-methyl/N-ethyl adjacent to an activating group) is 1. The van der Waals surface area contributed by atoms with E-state index in [2.05, 4.69) is 5.32 Å². The van der Waals surface area contributed by atoms with Crippen molar-refractivity contribution < 1.29 is 23.5 Å². The zero-order valence-electron chi connectivity index (χ0n) is 17.6. The van der Waals surface area contributed by atoms with E-state index in [1.54, 1.807) is 24.1 Å². The van der Waals surface area contributed by atoms with E-state index in [1.165, 1.54) is 12.1 Å². The molecule has 7 heteroatoms. The first-order chi connectivity index (χ1) is 15.0. The van der Waals surface area contributed by atoms with Crippen molar-refractivity contribution in [1.29, 1.82) is 0 Å². The van der Waals surface area contributed by atoms with Gasteiger partial charge in [-0.15, -0.1) is 0 Å². The topological polar surface area (TPSA) is 67.9 Å². The maximum atomic E-state index is 13.2. The van der Waals surface area contributed by atoms with E-state index in [4.69, 9.17) is 9.47 Å². The molecule has 4 rings (SSSR count). The maximum Gasteiger partial charge on any atom is 0.254 e. The molecule has 0 spiro atoms. The third-order valence-electron chi connectivity index (χ3n) is 5.96. The smallest absolute Gasteiger partial charge is 0.254 e. The Balaban J connectivity index is 1.53. The number of rotatable bonds is 5. The predicted molar refractivity (Wildman–Crippen MR) is 114 cm³/mol. The van der Waals surface area contributed by atoms with E-state index in [0.717, 1.165) is 23.1 Å². The van der Waals surface area contributed by atoms with Crippen LogP contribution in [0.15, 0.2) is 48.5 Å². The highest BCUT2D eigenvalue weighted by atomic mass is 19.1. The van der Waals surface area contributed by atoms with Gasteiger partial charge in [-0.2, -0.15) is 0 Å². The van der Waals surface area contributed by atoms with E-state index in [9.17, 15) is 14.0 Å². The zero-order valence-corrected chi connectivity index (χ0v) is 17.6. The number of benzene rings is 2. The Labute approximate surface area is 181 Å². The van der Waals surface area contributed by atoms with Crippen LogP contribution in [0.2, 0.25) is 0 Å². The van der Waals surface area contributed by atoms with Crippen molar-refractivity contribution in [3.8, 4) is 11.1 Å². The van der Waals surface area contributed by atoms with Gasteiger partial charge in [0.2, 0.25) is 0 Å². The molecule has 0 radical (unpaired) electrons. The summed E-state index contributed by atoms with van der Waals surface area (Å²) in [5.41, 5.74) is 1.63. The Morgan fingerprint density at radius 2 is 1.77 bits per heavy atom. The van der Waals surface area contributed by atoms with Crippen LogP contribution in [0.5, 0.6) is 0 Å². The lowest BCUT2D eigenvalue weighted by Gasteiger charge is -2.42. The van der Waals surface area contributed by atoms with Crippen LogP contribution in [-0.4, -0.2) is 61.8 Å². The van der Waals surface area contributed by atoms with Gasteiger partial charge >= 0.3 is 0 Å². The second kappa shape index (κ2) is 9.16. The first-order valence-electron chi connectivity index (χ1n) is 10.6. The van der Waals surface area contributed by atoms with Gasteiger partial charge in [0.25, 0.3) is 11.8 Å². The maximum absolute atomic E-state index is 13.2. The second-order valence-electron chi connectivity index (χ2n) is 8.06. The van der Waals surface area contributed by atoms with E-state index < -0.39 is 11.7 Å². The molecule has 1 N–H and O–H groups in total. The highest BCUT2D eigenvalue weighted by Gasteiger charge is 2.45. The summed E-state index contributed by atoms with van der Waals surface area (Å²) in [5.74, 6) is -0.592. The number of halogens is 1. The molecule has 2 heterocycles. The SMILES string of the molecule is CNC(=O)C1(Cc2ccc(-c3ccc(F)cc3)cc2)CN(C(=O)C2CCCO2)CCO1. The zero-order chi connectivity index (χ0) is 21.8. The average Bonchev–Trinajstić information content (AvgIpc) is 3.34. The predicted octanol–water partition coefficient (Wildman–Crippen LogP) is 2.56. The number of hydrogen-bond donors (Lipinski definition) is 1. The molecule has 2 saturated heterocycles. The Hall–Kier alpha value is -2.77. The highest BCUT2D eigenvalue weighted by Crippen LogP contribution is 2.27. The molecule has 2 atom stereocenters. The van der Waals surface area contributed by atoms with Gasteiger partial charge in [-0.25, -0.2) is 4.39 Å². The molecule has 0 bridgehead atoms. The molecule has 2 unspecified atom stereocenters. The Morgan fingerprint density at radius 1 is 1.10 bits per heavy atom. The number of carbonyl (C=O) groups excluding carboxylic acids is 2. The van der Waals surface area contributed by atoms with Crippen LogP contribution in [0.3, 0.4) is 0 Å². The first-order valence-corrected chi connectivity index (χ1v) is 10.6. The van der Waals surface area contributed by atoms with Gasteiger partial charge in [0.1, 0.15) is 11.9 Å². The molecule has 6 nitrogen and oxygen atoms in total. The van der Waals surface area contributed by atoms with Crippen molar-refractivity contribution in [2.24, 2.45) is 0 Å². The summed E-state index contributed by atoms with van der Waals surface area (Å²) in [7, 11) is 1.58. The molecule has 2 aliphatic heterocycles. The van der Waals surface area contributed by atoms with Crippen molar-refractivity contribution >= 4 is 11.8 Å². The minimum atomic E-state index is -1.15. The summed E-state index contributed by atoms with van der Waals surface area (Å²) in [6, 6.07) is 14.1. The van der Waals surface area contributed by atoms with Gasteiger partial charge in [0, 0.05) is 26.6 Å².